The van der Waals surface area contributed by atoms with E-state index in [9.17, 15) is 4.79 Å². The van der Waals surface area contributed by atoms with E-state index in [1.54, 1.807) is 0 Å². The highest BCUT2D eigenvalue weighted by atomic mass is 16.1. The van der Waals surface area contributed by atoms with Crippen molar-refractivity contribution in [3.05, 3.63) is 24.3 Å². The molecule has 0 aromatic rings. The minimum absolute atomic E-state index is 0.0533. The predicted molar refractivity (Wildman–Crippen MR) is 54.8 cm³/mol. The van der Waals surface area contributed by atoms with Crippen LogP contribution in [-0.4, -0.2) is 11.6 Å². The summed E-state index contributed by atoms with van der Waals surface area (Å²) in [5, 5.41) is 0. The lowest BCUT2D eigenvalue weighted by atomic mass is 9.96. The summed E-state index contributed by atoms with van der Waals surface area (Å²) in [4.78, 5) is 15.5. The van der Waals surface area contributed by atoms with Crippen LogP contribution in [0.5, 0.6) is 0 Å². The van der Waals surface area contributed by atoms with Crippen molar-refractivity contribution in [1.29, 1.82) is 0 Å². The molecule has 0 aromatic carbocycles. The third-order valence-electron chi connectivity index (χ3n) is 1.75. The van der Waals surface area contributed by atoms with Gasteiger partial charge in [-0.25, -0.2) is 4.99 Å². The number of carbonyl (C=O) groups excluding carboxylic acids is 1. The van der Waals surface area contributed by atoms with Crippen LogP contribution < -0.4 is 0 Å². The van der Waals surface area contributed by atoms with Crippen LogP contribution in [0, 0.1) is 5.41 Å². The number of aliphatic imine (C=N–C) groups is 1. The summed E-state index contributed by atoms with van der Waals surface area (Å²) in [5.41, 5.74) is 0.476. The van der Waals surface area contributed by atoms with E-state index in [1.807, 2.05) is 45.1 Å². The van der Waals surface area contributed by atoms with Crippen LogP contribution in [0.3, 0.4) is 0 Å². The van der Waals surface area contributed by atoms with Gasteiger partial charge in [0, 0.05) is 17.5 Å². The monoisotopic (exact) mass is 177 g/mol. The average Bonchev–Trinajstić information content (AvgIpc) is 2.04. The van der Waals surface area contributed by atoms with Gasteiger partial charge in [-0.15, -0.1) is 0 Å². The molecule has 0 unspecified atom stereocenters. The predicted octanol–water partition coefficient (Wildman–Crippen LogP) is 2.52. The Bertz CT molecular complexity index is 290. The van der Waals surface area contributed by atoms with Gasteiger partial charge >= 0.3 is 0 Å². The fourth-order valence-corrected chi connectivity index (χ4v) is 0.883. The molecule has 0 radical (unpaired) electrons. The topological polar surface area (TPSA) is 29.4 Å². The number of nitrogens with zero attached hydrogens (tertiary/aromatic N) is 1. The molecule has 13 heavy (non-hydrogen) atoms. The fraction of sp³-hybridized carbons (Fsp3) is 0.455. The first-order valence-corrected chi connectivity index (χ1v) is 4.45. The highest BCUT2D eigenvalue weighted by Crippen LogP contribution is 2.16. The number of carbonyl (C=O) groups is 1. The van der Waals surface area contributed by atoms with E-state index in [1.165, 1.54) is 0 Å². The maximum absolute atomic E-state index is 11.5. The normalized spacial score (nSPS) is 19.5. The van der Waals surface area contributed by atoms with Crippen molar-refractivity contribution < 1.29 is 4.79 Å². The molecular weight excluding hydrogens is 162 g/mol. The van der Waals surface area contributed by atoms with E-state index in [2.05, 4.69) is 4.99 Å². The molecule has 0 fully saturated rings. The van der Waals surface area contributed by atoms with Crippen LogP contribution in [-0.2, 0) is 4.79 Å². The molecular formula is C11H15NO. The lowest BCUT2D eigenvalue weighted by Crippen LogP contribution is -2.19. The van der Waals surface area contributed by atoms with E-state index >= 15 is 0 Å². The van der Waals surface area contributed by atoms with Crippen molar-refractivity contribution >= 4 is 11.6 Å². The molecule has 2 nitrogen and oxygen atoms in total. The lowest BCUT2D eigenvalue weighted by Gasteiger charge is -2.13. The molecule has 1 aliphatic carbocycles. The number of amides is 1. The first-order valence-electron chi connectivity index (χ1n) is 4.45. The minimum atomic E-state index is -0.373. The van der Waals surface area contributed by atoms with Crippen molar-refractivity contribution in [2.75, 3.05) is 0 Å². The Balaban J connectivity index is 2.72. The number of rotatable bonds is 0. The van der Waals surface area contributed by atoms with Gasteiger partial charge in [-0.05, 0) is 6.08 Å². The van der Waals surface area contributed by atoms with Gasteiger partial charge in [0.25, 0.3) is 5.91 Å². The summed E-state index contributed by atoms with van der Waals surface area (Å²) in [6, 6.07) is 0. The maximum atomic E-state index is 11.5. The summed E-state index contributed by atoms with van der Waals surface area (Å²) in [7, 11) is 0. The van der Waals surface area contributed by atoms with Crippen molar-refractivity contribution in [3.8, 4) is 0 Å². The van der Waals surface area contributed by atoms with Gasteiger partial charge < -0.3 is 0 Å². The first kappa shape index (κ1) is 9.90. The Kier molecular flexibility index (Phi) is 2.81. The third-order valence-corrected chi connectivity index (χ3v) is 1.75. The van der Waals surface area contributed by atoms with Gasteiger partial charge in [-0.1, -0.05) is 39.0 Å². The molecule has 1 rings (SSSR count). The third kappa shape index (κ3) is 2.98. The molecule has 0 bridgehead atoms. The summed E-state index contributed by atoms with van der Waals surface area (Å²) in [5.74, 6) is -0.0533. The lowest BCUT2D eigenvalue weighted by molar-refractivity contribution is -0.124. The second-order valence-corrected chi connectivity index (χ2v) is 4.15. The molecule has 0 aliphatic heterocycles. The van der Waals surface area contributed by atoms with Crippen LogP contribution in [0.25, 0.3) is 0 Å². The second-order valence-electron chi connectivity index (χ2n) is 4.15. The molecule has 0 saturated heterocycles. The largest absolute Gasteiger partial charge is 0.272 e. The molecule has 2 heteroatoms. The van der Waals surface area contributed by atoms with Gasteiger partial charge in [0.1, 0.15) is 0 Å². The molecule has 0 spiro atoms. The van der Waals surface area contributed by atoms with Crippen molar-refractivity contribution in [3.63, 3.8) is 0 Å². The van der Waals surface area contributed by atoms with Gasteiger partial charge in [-0.2, -0.15) is 0 Å². The van der Waals surface area contributed by atoms with Gasteiger partial charge in [0.05, 0.1) is 0 Å². The second kappa shape index (κ2) is 3.69. The van der Waals surface area contributed by atoms with Crippen molar-refractivity contribution in [2.24, 2.45) is 10.4 Å². The molecule has 0 saturated carbocycles. The van der Waals surface area contributed by atoms with E-state index in [0.29, 0.717) is 0 Å². The van der Waals surface area contributed by atoms with Crippen LogP contribution in [0.15, 0.2) is 29.3 Å². The Morgan fingerprint density at radius 2 is 2.08 bits per heavy atom. The van der Waals surface area contributed by atoms with E-state index in [0.717, 1.165) is 12.1 Å². The van der Waals surface area contributed by atoms with Crippen LogP contribution in [0.1, 0.15) is 27.2 Å². The molecule has 0 atom stereocenters. The van der Waals surface area contributed by atoms with E-state index < -0.39 is 0 Å². The van der Waals surface area contributed by atoms with Gasteiger partial charge in [0.15, 0.2) is 0 Å². The number of hydrogen-bond donors (Lipinski definition) is 0. The van der Waals surface area contributed by atoms with Crippen molar-refractivity contribution in [1.82, 2.24) is 0 Å². The Hall–Kier alpha value is -1.18. The molecule has 0 N–H and O–H groups in total. The fourth-order valence-electron chi connectivity index (χ4n) is 0.883. The van der Waals surface area contributed by atoms with E-state index in [-0.39, 0.29) is 11.3 Å². The molecule has 1 amide bonds. The van der Waals surface area contributed by atoms with Gasteiger partial charge in [-0.3, -0.25) is 4.79 Å². The highest BCUT2D eigenvalue weighted by molar-refractivity contribution is 6.04. The van der Waals surface area contributed by atoms with Crippen LogP contribution in [0.2, 0.25) is 0 Å². The summed E-state index contributed by atoms with van der Waals surface area (Å²) in [6.45, 7) is 5.63. The summed E-state index contributed by atoms with van der Waals surface area (Å²) >= 11 is 0. The maximum Gasteiger partial charge on any atom is 0.251 e. The molecule has 0 heterocycles. The van der Waals surface area contributed by atoms with E-state index in [4.69, 9.17) is 0 Å². The molecule has 0 aromatic heterocycles. The standard InChI is InChI=1S/C11H15NO/c1-11(2,3)10(13)12-9-7-5-4-6-8-9/h4-7H,8H2,1-3H3. The minimum Gasteiger partial charge on any atom is -0.272 e. The molecule has 1 aliphatic rings. The summed E-state index contributed by atoms with van der Waals surface area (Å²) in [6.07, 6.45) is 8.50. The first-order chi connectivity index (χ1) is 6.00. The van der Waals surface area contributed by atoms with Gasteiger partial charge in [0.2, 0.25) is 0 Å². The van der Waals surface area contributed by atoms with Crippen molar-refractivity contribution in [2.45, 2.75) is 27.2 Å². The molecule has 70 valence electrons. The number of hydrogen-bond acceptors (Lipinski definition) is 1. The summed E-state index contributed by atoms with van der Waals surface area (Å²) < 4.78 is 0. The SMILES string of the molecule is CC(C)(C)C(=O)N=C1C=CC=CC1. The zero-order valence-electron chi connectivity index (χ0n) is 8.37. The van der Waals surface area contributed by atoms with Crippen LogP contribution in [0.4, 0.5) is 0 Å². The zero-order chi connectivity index (χ0) is 9.90. The quantitative estimate of drug-likeness (QED) is 0.559. The highest BCUT2D eigenvalue weighted by Gasteiger charge is 2.20. The Morgan fingerprint density at radius 1 is 1.38 bits per heavy atom. The zero-order valence-corrected chi connectivity index (χ0v) is 8.37. The smallest absolute Gasteiger partial charge is 0.251 e. The Labute approximate surface area is 79.1 Å². The van der Waals surface area contributed by atoms with Crippen LogP contribution >= 0.6 is 0 Å². The number of allylic oxidation sites excluding steroid dienone is 4. The Morgan fingerprint density at radius 3 is 2.54 bits per heavy atom. The average molecular weight is 177 g/mol.